The third kappa shape index (κ3) is 13.8. The quantitative estimate of drug-likeness (QED) is 0.140. The Morgan fingerprint density at radius 2 is 0.570 bits per heavy atom. The summed E-state index contributed by atoms with van der Waals surface area (Å²) in [5, 5.41) is 101. The van der Waals surface area contributed by atoms with Crippen LogP contribution in [0.3, 0.4) is 0 Å². The molecule has 0 spiro atoms. The van der Waals surface area contributed by atoms with Crippen molar-refractivity contribution in [3.8, 4) is 6.01 Å². The number of aromatic nitrogens is 6. The first-order chi connectivity index (χ1) is 38.9. The van der Waals surface area contributed by atoms with Gasteiger partial charge in [-0.1, -0.05) is 0 Å². The van der Waals surface area contributed by atoms with Crippen LogP contribution in [-0.2, 0) is 31.2 Å². The molecule has 6 aliphatic heterocycles. The van der Waals surface area contributed by atoms with E-state index in [-0.39, 0.29) is 67.3 Å². The van der Waals surface area contributed by atoms with Crippen LogP contribution in [-0.4, -0.2) is 176 Å². The van der Waals surface area contributed by atoms with Crippen molar-refractivity contribution in [1.29, 1.82) is 0 Å². The molecule has 484 valence electrons. The van der Waals surface area contributed by atoms with E-state index in [0.717, 1.165) is 0 Å². The maximum absolute atomic E-state index is 14.0. The number of hydrogen-bond donors (Lipinski definition) is 3. The first-order valence-corrected chi connectivity index (χ1v) is 31.8. The summed E-state index contributed by atoms with van der Waals surface area (Å²) in [6.45, 7) is 47.7. The lowest BCUT2D eigenvalue weighted by atomic mass is 9.74. The van der Waals surface area contributed by atoms with Gasteiger partial charge in [0, 0.05) is 103 Å². The van der Waals surface area contributed by atoms with Gasteiger partial charge in [0.2, 0.25) is 29.7 Å². The maximum Gasteiger partial charge on any atom is 0.323 e. The summed E-state index contributed by atoms with van der Waals surface area (Å²) in [6, 6.07) is -1.13. The molecular formula is C62H109N17O7. The molecule has 0 atom stereocenters. The van der Waals surface area contributed by atoms with E-state index in [9.17, 15) is 31.2 Å². The number of anilines is 5. The summed E-state index contributed by atoms with van der Waals surface area (Å²) in [5.74, 6) is 1.67. The molecule has 0 unspecified atom stereocenters. The van der Waals surface area contributed by atoms with Crippen LogP contribution >= 0.6 is 0 Å². The highest BCUT2D eigenvalue weighted by Gasteiger charge is 2.56. The molecule has 6 aliphatic rings. The average Bonchev–Trinajstić information content (AvgIpc) is 0.789. The highest BCUT2D eigenvalue weighted by atomic mass is 16.5. The number of nitrogens with one attached hydrogen (secondary N) is 3. The SMILES string of the molecule is CC1(C)CC(Nc2nc(NCCOc3nc(NC4CC(C)(C)N([O])C(C)(C)C4)nc(N(C4CC(C)(C)N([O])C(C)(C)C4)C4CC(C)(C)N([O])C(C)(C)C4)n3)nc(N(C3CC(C)(C)N([O])C(C)(C)C3)C3CC(C)(C)N([O])C(C)(C)C3)n2)CC(C)(C)N1[O]. The topological polar surface area (TPSA) is 268 Å². The van der Waals surface area contributed by atoms with Crippen molar-refractivity contribution in [3.05, 3.63) is 0 Å². The lowest BCUT2D eigenvalue weighted by Crippen LogP contribution is -2.67. The van der Waals surface area contributed by atoms with Crippen molar-refractivity contribution in [2.24, 2.45) is 0 Å². The van der Waals surface area contributed by atoms with E-state index in [1.807, 2.05) is 166 Å². The van der Waals surface area contributed by atoms with Gasteiger partial charge in [0.05, 0.1) is 6.54 Å². The van der Waals surface area contributed by atoms with Gasteiger partial charge < -0.3 is 30.5 Å². The minimum Gasteiger partial charge on any atom is -0.461 e. The van der Waals surface area contributed by atoms with E-state index < -0.39 is 66.5 Å². The molecule has 24 heteroatoms. The van der Waals surface area contributed by atoms with Crippen LogP contribution < -0.4 is 30.5 Å². The molecule has 6 radical (unpaired) electrons. The Morgan fingerprint density at radius 3 is 0.849 bits per heavy atom. The van der Waals surface area contributed by atoms with Gasteiger partial charge in [0.25, 0.3) is 0 Å². The van der Waals surface area contributed by atoms with Gasteiger partial charge in [-0.2, -0.15) is 29.9 Å². The zero-order valence-electron chi connectivity index (χ0n) is 57.0. The maximum atomic E-state index is 14.0. The molecule has 8 rings (SSSR count). The van der Waals surface area contributed by atoms with E-state index in [0.29, 0.717) is 94.9 Å². The molecule has 0 bridgehead atoms. The molecule has 2 aromatic heterocycles. The van der Waals surface area contributed by atoms with Crippen LogP contribution in [0.4, 0.5) is 29.7 Å². The van der Waals surface area contributed by atoms with Crippen molar-refractivity contribution in [1.82, 2.24) is 60.3 Å². The Morgan fingerprint density at radius 1 is 0.337 bits per heavy atom. The third-order valence-corrected chi connectivity index (χ3v) is 20.0. The highest BCUT2D eigenvalue weighted by molar-refractivity contribution is 5.48. The fourth-order valence-electron chi connectivity index (χ4n) is 17.5. The Hall–Kier alpha value is -3.66. The first-order valence-electron chi connectivity index (χ1n) is 31.8. The lowest BCUT2D eigenvalue weighted by Gasteiger charge is -2.57. The molecule has 0 aliphatic carbocycles. The molecule has 24 nitrogen and oxygen atoms in total. The van der Waals surface area contributed by atoms with Gasteiger partial charge in [0.15, 0.2) is 0 Å². The molecule has 0 saturated carbocycles. The highest BCUT2D eigenvalue weighted by Crippen LogP contribution is 2.49. The van der Waals surface area contributed by atoms with Crippen LogP contribution in [0.25, 0.3) is 0 Å². The minimum absolute atomic E-state index is 0.0489. The Labute approximate surface area is 515 Å². The zero-order valence-corrected chi connectivity index (χ0v) is 57.0. The monoisotopic (exact) mass is 1200 g/mol. The van der Waals surface area contributed by atoms with E-state index in [4.69, 9.17) is 34.6 Å². The summed E-state index contributed by atoms with van der Waals surface area (Å²) in [5.41, 5.74) is -8.68. The van der Waals surface area contributed by atoms with Crippen LogP contribution in [0.1, 0.15) is 243 Å². The van der Waals surface area contributed by atoms with Crippen molar-refractivity contribution in [2.45, 2.75) is 346 Å². The smallest absolute Gasteiger partial charge is 0.323 e. The number of hydroxylamine groups is 12. The molecule has 3 N–H and O–H groups in total. The van der Waals surface area contributed by atoms with E-state index in [2.05, 4.69) is 25.8 Å². The second-order valence-corrected chi connectivity index (χ2v) is 34.4. The molecule has 86 heavy (non-hydrogen) atoms. The lowest BCUT2D eigenvalue weighted by molar-refractivity contribution is -0.294. The number of nitrogens with zero attached hydrogens (tertiary/aromatic N) is 14. The number of rotatable bonds is 15. The molecular weight excluding hydrogens is 1090 g/mol. The van der Waals surface area contributed by atoms with Gasteiger partial charge >= 0.3 is 6.01 Å². The predicted molar refractivity (Wildman–Crippen MR) is 328 cm³/mol. The summed E-state index contributed by atoms with van der Waals surface area (Å²) in [4.78, 5) is 35.4. The van der Waals surface area contributed by atoms with E-state index in [1.165, 1.54) is 30.4 Å². The van der Waals surface area contributed by atoms with Gasteiger partial charge in [-0.05, 0) is 243 Å². The Balaban J connectivity index is 1.19. The van der Waals surface area contributed by atoms with Gasteiger partial charge in [0.1, 0.15) is 6.61 Å². The number of ether oxygens (including phenoxy) is 1. The predicted octanol–water partition coefficient (Wildman–Crippen LogP) is 10.2. The van der Waals surface area contributed by atoms with Crippen LogP contribution in [0.5, 0.6) is 6.01 Å². The Bertz CT molecular complexity index is 2360. The van der Waals surface area contributed by atoms with E-state index >= 15 is 0 Å². The summed E-state index contributed by atoms with van der Waals surface area (Å²) >= 11 is 0. The molecule has 0 aromatic carbocycles. The van der Waals surface area contributed by atoms with Crippen molar-refractivity contribution >= 4 is 29.7 Å². The third-order valence-electron chi connectivity index (χ3n) is 20.0. The second-order valence-electron chi connectivity index (χ2n) is 34.4. The van der Waals surface area contributed by atoms with Crippen molar-refractivity contribution in [3.63, 3.8) is 0 Å². The van der Waals surface area contributed by atoms with Gasteiger partial charge in [-0.3, -0.25) is 0 Å². The zero-order chi connectivity index (χ0) is 64.5. The normalized spacial score (nSPS) is 28.2. The fraction of sp³-hybridized carbons (Fsp3) is 0.903. The molecule has 6 saturated heterocycles. The largest absolute Gasteiger partial charge is 0.461 e. The van der Waals surface area contributed by atoms with Crippen LogP contribution in [0.15, 0.2) is 0 Å². The average molecular weight is 1200 g/mol. The summed E-state index contributed by atoms with van der Waals surface area (Å²) in [7, 11) is 0. The number of hydrogen-bond acceptors (Lipinski definition) is 18. The fourth-order valence-corrected chi connectivity index (χ4v) is 17.5. The Kier molecular flexibility index (Phi) is 18.0. The number of piperidine rings is 6. The van der Waals surface area contributed by atoms with Crippen LogP contribution in [0.2, 0.25) is 0 Å². The first kappa shape index (κ1) is 68.3. The molecule has 2 aromatic rings. The standard InChI is InChI=1S/C62H109N17O7/c1-51(2)27-39(28-52(3,4)74(51)80)64-46-66-45(67-48(68-46)72(41-31-55(9,10)76(82)56(11,12)32-41)42-33-57(13,14)77(83)58(15,16)34-42)63-25-26-86-50-70-47(65-40-29-53(5,6)75(81)54(7,8)30-40)69-49(71-50)73(43-35-59(17,18)78(84)60(19,20)36-43)44-37-61(21,22)79(85)62(23,24)38-44/h39-44H,25-38H2,1-24H3,(H,65,69,70,71)(H2,63,64,66,67,68). The molecule has 8 heterocycles. The molecule has 6 fully saturated rings. The second kappa shape index (κ2) is 22.6. The summed E-state index contributed by atoms with van der Waals surface area (Å²) in [6.07, 6.45) is 6.22. The summed E-state index contributed by atoms with van der Waals surface area (Å²) < 4.78 is 6.64. The molecule has 0 amide bonds. The van der Waals surface area contributed by atoms with Gasteiger partial charge in [-0.15, -0.1) is 61.6 Å². The van der Waals surface area contributed by atoms with E-state index in [1.54, 1.807) is 0 Å². The van der Waals surface area contributed by atoms with Gasteiger partial charge in [-0.25, -0.2) is 0 Å². The van der Waals surface area contributed by atoms with Crippen molar-refractivity contribution < 1.29 is 36.0 Å². The van der Waals surface area contributed by atoms with Crippen LogP contribution in [0, 0.1) is 0 Å². The van der Waals surface area contributed by atoms with Crippen molar-refractivity contribution in [2.75, 3.05) is 38.9 Å². The minimum atomic E-state index is -0.746.